The molecule has 3 heteroatoms. The van der Waals surface area contributed by atoms with Gasteiger partial charge in [0.05, 0.1) is 6.10 Å². The van der Waals surface area contributed by atoms with Crippen LogP contribution in [0.4, 0.5) is 0 Å². The van der Waals surface area contributed by atoms with Crippen molar-refractivity contribution >= 4 is 0 Å². The van der Waals surface area contributed by atoms with Crippen molar-refractivity contribution < 1.29 is 4.74 Å². The molecule has 2 saturated heterocycles. The molecule has 2 atom stereocenters. The normalized spacial score (nSPS) is 33.6. The molecule has 0 aromatic carbocycles. The van der Waals surface area contributed by atoms with Gasteiger partial charge in [-0.2, -0.15) is 0 Å². The Bertz CT molecular complexity index is 308. The lowest BCUT2D eigenvalue weighted by molar-refractivity contribution is 0.0466. The largest absolute Gasteiger partial charge is 0.378 e. The van der Waals surface area contributed by atoms with Crippen molar-refractivity contribution in [3.8, 4) is 0 Å². The topological polar surface area (TPSA) is 24.5 Å². The SMILES string of the molecule is CCC1CNC2(CCCCC2)CN1CCCC1CCCO1. The maximum atomic E-state index is 5.77. The maximum Gasteiger partial charge on any atom is 0.0576 e. The van der Waals surface area contributed by atoms with E-state index in [9.17, 15) is 0 Å². The Balaban J connectivity index is 1.49. The quantitative estimate of drug-likeness (QED) is 0.842. The number of nitrogens with zero attached hydrogens (tertiary/aromatic N) is 1. The summed E-state index contributed by atoms with van der Waals surface area (Å²) in [5, 5.41) is 3.93. The summed E-state index contributed by atoms with van der Waals surface area (Å²) in [4.78, 5) is 2.80. The van der Waals surface area contributed by atoms with Gasteiger partial charge in [-0.3, -0.25) is 4.90 Å². The second-order valence-corrected chi connectivity index (χ2v) is 7.53. The molecule has 1 spiro atoms. The fourth-order valence-electron chi connectivity index (χ4n) is 4.66. The summed E-state index contributed by atoms with van der Waals surface area (Å²) in [6, 6.07) is 0.752. The van der Waals surface area contributed by atoms with Crippen molar-refractivity contribution in [2.75, 3.05) is 26.2 Å². The zero-order valence-corrected chi connectivity index (χ0v) is 13.9. The van der Waals surface area contributed by atoms with Gasteiger partial charge in [0, 0.05) is 31.3 Å². The van der Waals surface area contributed by atoms with Gasteiger partial charge in [-0.1, -0.05) is 26.2 Å². The fraction of sp³-hybridized carbons (Fsp3) is 1.00. The van der Waals surface area contributed by atoms with E-state index >= 15 is 0 Å². The van der Waals surface area contributed by atoms with Gasteiger partial charge in [0.15, 0.2) is 0 Å². The van der Waals surface area contributed by atoms with Crippen LogP contribution >= 0.6 is 0 Å². The highest BCUT2D eigenvalue weighted by atomic mass is 16.5. The first kappa shape index (κ1) is 15.8. The number of hydrogen-bond acceptors (Lipinski definition) is 3. The Hall–Kier alpha value is -0.120. The van der Waals surface area contributed by atoms with Crippen LogP contribution in [0.25, 0.3) is 0 Å². The average Bonchev–Trinajstić information content (AvgIpc) is 3.02. The molecule has 2 unspecified atom stereocenters. The molecule has 1 N–H and O–H groups in total. The lowest BCUT2D eigenvalue weighted by Crippen LogP contribution is -2.64. The van der Waals surface area contributed by atoms with E-state index in [0.29, 0.717) is 11.6 Å². The number of rotatable bonds is 5. The van der Waals surface area contributed by atoms with Crippen molar-refractivity contribution in [3.63, 3.8) is 0 Å². The van der Waals surface area contributed by atoms with Gasteiger partial charge in [0.1, 0.15) is 0 Å². The molecule has 2 heterocycles. The Kier molecular flexibility index (Phi) is 5.58. The van der Waals surface area contributed by atoms with Crippen LogP contribution in [0.15, 0.2) is 0 Å². The van der Waals surface area contributed by atoms with Crippen LogP contribution in [0.5, 0.6) is 0 Å². The zero-order valence-electron chi connectivity index (χ0n) is 13.9. The van der Waals surface area contributed by atoms with Crippen LogP contribution in [0.1, 0.15) is 71.1 Å². The number of ether oxygens (including phenoxy) is 1. The summed E-state index contributed by atoms with van der Waals surface area (Å²) in [5.74, 6) is 0. The van der Waals surface area contributed by atoms with Crippen molar-refractivity contribution in [2.45, 2.75) is 88.8 Å². The third-order valence-corrected chi connectivity index (χ3v) is 6.01. The van der Waals surface area contributed by atoms with E-state index in [0.717, 1.165) is 12.6 Å². The van der Waals surface area contributed by atoms with Gasteiger partial charge >= 0.3 is 0 Å². The molecule has 0 radical (unpaired) electrons. The number of hydrogen-bond donors (Lipinski definition) is 1. The zero-order chi connectivity index (χ0) is 14.5. The third kappa shape index (κ3) is 4.00. The molecular weight excluding hydrogens is 260 g/mol. The minimum absolute atomic E-state index is 0.452. The van der Waals surface area contributed by atoms with Gasteiger partial charge in [-0.25, -0.2) is 0 Å². The second-order valence-electron chi connectivity index (χ2n) is 7.53. The molecule has 3 fully saturated rings. The molecule has 2 aliphatic heterocycles. The van der Waals surface area contributed by atoms with E-state index in [2.05, 4.69) is 17.1 Å². The van der Waals surface area contributed by atoms with E-state index < -0.39 is 0 Å². The summed E-state index contributed by atoms with van der Waals surface area (Å²) in [6.45, 7) is 7.12. The molecule has 21 heavy (non-hydrogen) atoms. The van der Waals surface area contributed by atoms with Crippen LogP contribution in [-0.2, 0) is 4.74 Å². The highest BCUT2D eigenvalue weighted by Crippen LogP contribution is 2.32. The van der Waals surface area contributed by atoms with Gasteiger partial charge in [-0.05, 0) is 51.5 Å². The predicted octanol–water partition coefficient (Wildman–Crippen LogP) is 3.33. The van der Waals surface area contributed by atoms with Gasteiger partial charge in [0.25, 0.3) is 0 Å². The molecular formula is C18H34N2O. The molecule has 3 nitrogen and oxygen atoms in total. The molecule has 0 aromatic heterocycles. The molecule has 0 bridgehead atoms. The van der Waals surface area contributed by atoms with E-state index in [1.807, 2.05) is 0 Å². The van der Waals surface area contributed by atoms with Crippen LogP contribution in [-0.4, -0.2) is 48.8 Å². The first-order valence-electron chi connectivity index (χ1n) is 9.42. The van der Waals surface area contributed by atoms with Crippen LogP contribution in [0.3, 0.4) is 0 Å². The lowest BCUT2D eigenvalue weighted by atomic mass is 9.79. The Morgan fingerprint density at radius 2 is 2.05 bits per heavy atom. The van der Waals surface area contributed by atoms with Crippen molar-refractivity contribution in [1.82, 2.24) is 10.2 Å². The highest BCUT2D eigenvalue weighted by molar-refractivity contribution is 4.99. The van der Waals surface area contributed by atoms with Crippen LogP contribution in [0, 0.1) is 0 Å². The van der Waals surface area contributed by atoms with Crippen molar-refractivity contribution in [2.24, 2.45) is 0 Å². The molecule has 122 valence electrons. The second kappa shape index (κ2) is 7.43. The van der Waals surface area contributed by atoms with E-state index in [4.69, 9.17) is 4.74 Å². The summed E-state index contributed by atoms with van der Waals surface area (Å²) in [6.07, 6.45) is 14.1. The van der Waals surface area contributed by atoms with E-state index in [1.165, 1.54) is 83.8 Å². The predicted molar refractivity (Wildman–Crippen MR) is 87.7 cm³/mol. The Morgan fingerprint density at radius 1 is 1.19 bits per heavy atom. The Morgan fingerprint density at radius 3 is 2.76 bits per heavy atom. The highest BCUT2D eigenvalue weighted by Gasteiger charge is 2.39. The standard InChI is InChI=1S/C18H34N2O/c1-2-16-14-19-18(10-4-3-5-11-18)15-20(16)12-6-8-17-9-7-13-21-17/h16-17,19H,2-15H2,1H3. The smallest absolute Gasteiger partial charge is 0.0576 e. The lowest BCUT2D eigenvalue weighted by Gasteiger charge is -2.49. The van der Waals surface area contributed by atoms with Gasteiger partial charge < -0.3 is 10.1 Å². The molecule has 3 aliphatic rings. The minimum Gasteiger partial charge on any atom is -0.378 e. The summed E-state index contributed by atoms with van der Waals surface area (Å²) < 4.78 is 5.77. The van der Waals surface area contributed by atoms with Gasteiger partial charge in [-0.15, -0.1) is 0 Å². The summed E-state index contributed by atoms with van der Waals surface area (Å²) >= 11 is 0. The number of piperazine rings is 1. The van der Waals surface area contributed by atoms with Crippen molar-refractivity contribution in [3.05, 3.63) is 0 Å². The third-order valence-electron chi connectivity index (χ3n) is 6.01. The maximum absolute atomic E-state index is 5.77. The molecule has 0 amide bonds. The van der Waals surface area contributed by atoms with Crippen LogP contribution < -0.4 is 5.32 Å². The number of nitrogens with one attached hydrogen (secondary N) is 1. The monoisotopic (exact) mass is 294 g/mol. The van der Waals surface area contributed by atoms with Gasteiger partial charge in [0.2, 0.25) is 0 Å². The molecule has 1 saturated carbocycles. The van der Waals surface area contributed by atoms with E-state index in [-0.39, 0.29) is 0 Å². The summed E-state index contributed by atoms with van der Waals surface area (Å²) in [7, 11) is 0. The molecule has 3 rings (SSSR count). The van der Waals surface area contributed by atoms with Crippen LogP contribution in [0.2, 0.25) is 0 Å². The first-order valence-corrected chi connectivity index (χ1v) is 9.42. The Labute approximate surface area is 130 Å². The molecule has 0 aromatic rings. The minimum atomic E-state index is 0.452. The van der Waals surface area contributed by atoms with Crippen molar-refractivity contribution in [1.29, 1.82) is 0 Å². The van der Waals surface area contributed by atoms with E-state index in [1.54, 1.807) is 0 Å². The average molecular weight is 294 g/mol. The summed E-state index contributed by atoms with van der Waals surface area (Å²) in [5.41, 5.74) is 0.452. The first-order chi connectivity index (χ1) is 10.3. The molecule has 1 aliphatic carbocycles. The fourth-order valence-corrected chi connectivity index (χ4v) is 4.66.